The molecule has 0 fully saturated rings. The number of aliphatic imine (C=N–C) groups is 1. The fraction of sp³-hybridized carbons (Fsp3) is 0.381. The molecule has 2 aromatic carbocycles. The van der Waals surface area contributed by atoms with Crippen molar-refractivity contribution in [1.82, 2.24) is 15.4 Å². The molecule has 0 atom stereocenters. The first-order valence-electron chi connectivity index (χ1n) is 9.55. The van der Waals surface area contributed by atoms with E-state index in [9.17, 15) is 8.42 Å². The van der Waals surface area contributed by atoms with Crippen LogP contribution in [0.1, 0.15) is 30.5 Å². The lowest BCUT2D eigenvalue weighted by atomic mass is 10.1. The van der Waals surface area contributed by atoms with Gasteiger partial charge in [0.05, 0.1) is 5.75 Å². The molecule has 0 unspecified atom stereocenters. The molecule has 0 saturated heterocycles. The number of nitrogens with one attached hydrogen (secondary N) is 3. The predicted octanol–water partition coefficient (Wildman–Crippen LogP) is 3.08. The summed E-state index contributed by atoms with van der Waals surface area (Å²) in [5.41, 5.74) is 2.83. The first-order valence-corrected chi connectivity index (χ1v) is 11.6. The minimum Gasteiger partial charge on any atom is -0.356 e. The van der Waals surface area contributed by atoms with Crippen LogP contribution in [0.4, 0.5) is 0 Å². The molecule has 0 heterocycles. The Hall–Kier alpha value is -2.09. The van der Waals surface area contributed by atoms with Gasteiger partial charge < -0.3 is 10.6 Å². The highest BCUT2D eigenvalue weighted by Crippen LogP contribution is 2.13. The number of hydrogen-bond donors (Lipinski definition) is 3. The summed E-state index contributed by atoms with van der Waals surface area (Å²) in [7, 11) is -1.68. The molecule has 8 heteroatoms. The molecular formula is C21H29ClN4O2S. The fourth-order valence-electron chi connectivity index (χ4n) is 2.89. The zero-order valence-electron chi connectivity index (χ0n) is 17.1. The highest BCUT2D eigenvalue weighted by Gasteiger charge is 2.15. The standard InChI is InChI=1S/C21H29ClN4O2S/c1-16(2)26-29(27,28)15-19-9-5-4-8-18(19)14-25-21(23-3)24-12-11-17-7-6-10-20(22)13-17/h4-10,13,16,26H,11-12,14-15H2,1-3H3,(H2,23,24,25). The summed E-state index contributed by atoms with van der Waals surface area (Å²) in [5.74, 6) is 0.606. The molecule has 0 aliphatic carbocycles. The quantitative estimate of drug-likeness (QED) is 0.416. The Morgan fingerprint density at radius 1 is 1.07 bits per heavy atom. The molecule has 0 bridgehead atoms. The monoisotopic (exact) mass is 436 g/mol. The Kier molecular flexibility index (Phi) is 8.95. The first kappa shape index (κ1) is 23.2. The third-order valence-electron chi connectivity index (χ3n) is 4.14. The van der Waals surface area contributed by atoms with Crippen LogP contribution >= 0.6 is 11.6 Å². The lowest BCUT2D eigenvalue weighted by Gasteiger charge is -2.15. The second kappa shape index (κ2) is 11.2. The molecule has 158 valence electrons. The summed E-state index contributed by atoms with van der Waals surface area (Å²) in [6, 6.07) is 15.1. The van der Waals surface area contributed by atoms with Crippen molar-refractivity contribution in [2.75, 3.05) is 13.6 Å². The van der Waals surface area contributed by atoms with Crippen molar-refractivity contribution in [2.24, 2.45) is 4.99 Å². The van der Waals surface area contributed by atoms with Gasteiger partial charge in [-0.2, -0.15) is 0 Å². The van der Waals surface area contributed by atoms with Gasteiger partial charge in [0.25, 0.3) is 0 Å². The molecule has 2 aromatic rings. The zero-order chi connectivity index (χ0) is 21.3. The van der Waals surface area contributed by atoms with Crippen molar-refractivity contribution in [3.63, 3.8) is 0 Å². The molecule has 29 heavy (non-hydrogen) atoms. The molecule has 2 rings (SSSR count). The third kappa shape index (κ3) is 8.43. The number of sulfonamides is 1. The molecular weight excluding hydrogens is 408 g/mol. The Balaban J connectivity index is 1.92. The van der Waals surface area contributed by atoms with Crippen LogP contribution in [0, 0.1) is 0 Å². The molecule has 0 saturated carbocycles. The van der Waals surface area contributed by atoms with Crippen molar-refractivity contribution < 1.29 is 8.42 Å². The van der Waals surface area contributed by atoms with Crippen molar-refractivity contribution >= 4 is 27.6 Å². The number of nitrogens with zero attached hydrogens (tertiary/aromatic N) is 1. The summed E-state index contributed by atoms with van der Waals surface area (Å²) in [4.78, 5) is 4.23. The van der Waals surface area contributed by atoms with Crippen LogP contribution in [-0.4, -0.2) is 34.0 Å². The molecule has 0 amide bonds. The van der Waals surface area contributed by atoms with Gasteiger partial charge in [0.2, 0.25) is 10.0 Å². The maximum Gasteiger partial charge on any atom is 0.216 e. The number of halogens is 1. The van der Waals surface area contributed by atoms with E-state index in [1.165, 1.54) is 0 Å². The van der Waals surface area contributed by atoms with E-state index < -0.39 is 10.0 Å². The normalized spacial score (nSPS) is 12.2. The van der Waals surface area contributed by atoms with Crippen LogP contribution in [-0.2, 0) is 28.7 Å². The van der Waals surface area contributed by atoms with Gasteiger partial charge in [-0.3, -0.25) is 4.99 Å². The van der Waals surface area contributed by atoms with Crippen LogP contribution in [0.15, 0.2) is 53.5 Å². The van der Waals surface area contributed by atoms with E-state index in [2.05, 4.69) is 20.3 Å². The summed E-state index contributed by atoms with van der Waals surface area (Å²) in [5, 5.41) is 7.24. The minimum atomic E-state index is -3.38. The van der Waals surface area contributed by atoms with Gasteiger partial charge in [-0.15, -0.1) is 0 Å². The van der Waals surface area contributed by atoms with Crippen LogP contribution in [0.5, 0.6) is 0 Å². The lowest BCUT2D eigenvalue weighted by Crippen LogP contribution is -2.38. The van der Waals surface area contributed by atoms with E-state index in [-0.39, 0.29) is 11.8 Å². The highest BCUT2D eigenvalue weighted by atomic mass is 35.5. The maximum absolute atomic E-state index is 12.3. The lowest BCUT2D eigenvalue weighted by molar-refractivity contribution is 0.568. The van der Waals surface area contributed by atoms with Crippen molar-refractivity contribution in [3.8, 4) is 0 Å². The topological polar surface area (TPSA) is 82.6 Å². The number of rotatable bonds is 9. The second-order valence-corrected chi connectivity index (χ2v) is 9.22. The summed E-state index contributed by atoms with van der Waals surface area (Å²) in [6.07, 6.45) is 0.816. The Morgan fingerprint density at radius 2 is 1.79 bits per heavy atom. The predicted molar refractivity (Wildman–Crippen MR) is 121 cm³/mol. The van der Waals surface area contributed by atoms with E-state index in [1.807, 2.05) is 62.4 Å². The molecule has 0 radical (unpaired) electrons. The average molecular weight is 437 g/mol. The van der Waals surface area contributed by atoms with Crippen LogP contribution in [0.3, 0.4) is 0 Å². The Labute approximate surface area is 178 Å². The number of benzene rings is 2. The van der Waals surface area contributed by atoms with Gasteiger partial charge in [0, 0.05) is 31.2 Å². The van der Waals surface area contributed by atoms with Crippen molar-refractivity contribution in [1.29, 1.82) is 0 Å². The van der Waals surface area contributed by atoms with E-state index in [1.54, 1.807) is 7.05 Å². The third-order valence-corrected chi connectivity index (χ3v) is 5.90. The molecule has 3 N–H and O–H groups in total. The largest absolute Gasteiger partial charge is 0.356 e. The smallest absolute Gasteiger partial charge is 0.216 e. The van der Waals surface area contributed by atoms with Crippen molar-refractivity contribution in [2.45, 2.75) is 38.6 Å². The highest BCUT2D eigenvalue weighted by molar-refractivity contribution is 7.88. The van der Waals surface area contributed by atoms with E-state index in [0.29, 0.717) is 19.0 Å². The summed E-state index contributed by atoms with van der Waals surface area (Å²) >= 11 is 6.02. The van der Waals surface area contributed by atoms with Gasteiger partial charge in [-0.25, -0.2) is 13.1 Å². The molecule has 0 aliphatic rings. The van der Waals surface area contributed by atoms with E-state index in [4.69, 9.17) is 11.6 Å². The van der Waals surface area contributed by atoms with Crippen LogP contribution in [0.2, 0.25) is 5.02 Å². The molecule has 0 aromatic heterocycles. The summed E-state index contributed by atoms with van der Waals surface area (Å²) in [6.45, 7) is 4.80. The van der Waals surface area contributed by atoms with Gasteiger partial charge in [0.1, 0.15) is 0 Å². The number of hydrogen-bond acceptors (Lipinski definition) is 3. The summed E-state index contributed by atoms with van der Waals surface area (Å²) < 4.78 is 27.2. The maximum atomic E-state index is 12.3. The van der Waals surface area contributed by atoms with Gasteiger partial charge in [-0.1, -0.05) is 48.0 Å². The van der Waals surface area contributed by atoms with Gasteiger partial charge in [0.15, 0.2) is 5.96 Å². The van der Waals surface area contributed by atoms with Gasteiger partial charge in [-0.05, 0) is 49.1 Å². The Bertz CT molecular complexity index is 930. The first-order chi connectivity index (χ1) is 13.8. The van der Waals surface area contributed by atoms with E-state index in [0.717, 1.165) is 28.1 Å². The molecule has 6 nitrogen and oxygen atoms in total. The van der Waals surface area contributed by atoms with E-state index >= 15 is 0 Å². The fourth-order valence-corrected chi connectivity index (χ4v) is 4.60. The van der Waals surface area contributed by atoms with Crippen LogP contribution < -0.4 is 15.4 Å². The average Bonchev–Trinajstić information content (AvgIpc) is 2.64. The minimum absolute atomic E-state index is 0.0518. The van der Waals surface area contributed by atoms with Gasteiger partial charge >= 0.3 is 0 Å². The number of guanidine groups is 1. The Morgan fingerprint density at radius 3 is 2.45 bits per heavy atom. The molecule has 0 aliphatic heterocycles. The zero-order valence-corrected chi connectivity index (χ0v) is 18.6. The SMILES string of the molecule is CN=C(NCCc1cccc(Cl)c1)NCc1ccccc1CS(=O)(=O)NC(C)C. The molecule has 0 spiro atoms. The van der Waals surface area contributed by atoms with Crippen LogP contribution in [0.25, 0.3) is 0 Å². The van der Waals surface area contributed by atoms with Crippen molar-refractivity contribution in [3.05, 3.63) is 70.2 Å². The second-order valence-electron chi connectivity index (χ2n) is 7.03.